The molecule has 4 nitrogen and oxygen atoms in total. The first-order valence-corrected chi connectivity index (χ1v) is 9.51. The fourth-order valence-electron chi connectivity index (χ4n) is 3.42. The van der Waals surface area contributed by atoms with Crippen LogP contribution >= 0.6 is 0 Å². The second-order valence-electron chi connectivity index (χ2n) is 6.15. The molecule has 1 N–H and O–H groups in total. The van der Waals surface area contributed by atoms with Crippen LogP contribution in [0.2, 0.25) is 0 Å². The highest BCUT2D eigenvalue weighted by Crippen LogP contribution is 2.25. The van der Waals surface area contributed by atoms with Gasteiger partial charge in [-0.3, -0.25) is 0 Å². The molecule has 0 amide bonds. The van der Waals surface area contributed by atoms with Crippen LogP contribution in [0.1, 0.15) is 30.9 Å². The minimum atomic E-state index is -3.31. The summed E-state index contributed by atoms with van der Waals surface area (Å²) in [6.45, 7) is 6.35. The van der Waals surface area contributed by atoms with Crippen LogP contribution in [0.15, 0.2) is 23.1 Å². The van der Waals surface area contributed by atoms with Crippen molar-refractivity contribution < 1.29 is 13.3 Å². The molecule has 1 aromatic rings. The zero-order valence-electron chi connectivity index (χ0n) is 12.8. The molecule has 21 heavy (non-hydrogen) atoms. The van der Waals surface area contributed by atoms with Crippen molar-refractivity contribution in [1.82, 2.24) is 4.31 Å². The van der Waals surface area contributed by atoms with Crippen LogP contribution in [0.25, 0.3) is 0 Å². The summed E-state index contributed by atoms with van der Waals surface area (Å²) in [6.07, 6.45) is 4.51. The highest BCUT2D eigenvalue weighted by Gasteiger charge is 2.30. The van der Waals surface area contributed by atoms with Gasteiger partial charge in [-0.25, -0.2) is 8.42 Å². The number of aryl methyl sites for hydroxylation is 2. The summed E-state index contributed by atoms with van der Waals surface area (Å²) in [5.74, 6) is 0. The van der Waals surface area contributed by atoms with Gasteiger partial charge in [0.2, 0.25) is 10.0 Å². The third-order valence-electron chi connectivity index (χ3n) is 4.89. The highest BCUT2D eigenvalue weighted by molar-refractivity contribution is 7.89. The topological polar surface area (TPSA) is 41.8 Å². The summed E-state index contributed by atoms with van der Waals surface area (Å²) in [5, 5.41) is 0. The van der Waals surface area contributed by atoms with E-state index in [-0.39, 0.29) is 0 Å². The van der Waals surface area contributed by atoms with Crippen LogP contribution in [0.3, 0.4) is 0 Å². The Morgan fingerprint density at radius 1 is 1.10 bits per heavy atom. The number of hydrogen-bond acceptors (Lipinski definition) is 2. The zero-order chi connectivity index (χ0) is 14.9. The van der Waals surface area contributed by atoms with E-state index >= 15 is 0 Å². The molecule has 1 aromatic carbocycles. The maximum Gasteiger partial charge on any atom is 0.243 e. The number of quaternary nitrogens is 1. The second kappa shape index (κ2) is 6.07. The Balaban J connectivity index is 1.82. The van der Waals surface area contributed by atoms with Crippen LogP contribution in [0.5, 0.6) is 0 Å². The highest BCUT2D eigenvalue weighted by atomic mass is 32.2. The van der Waals surface area contributed by atoms with Crippen molar-refractivity contribution in [1.29, 1.82) is 0 Å². The molecule has 1 aliphatic heterocycles. The van der Waals surface area contributed by atoms with Crippen molar-refractivity contribution in [3.63, 3.8) is 0 Å². The number of rotatable bonds is 3. The van der Waals surface area contributed by atoms with Gasteiger partial charge >= 0.3 is 0 Å². The van der Waals surface area contributed by atoms with Crippen LogP contribution in [0.4, 0.5) is 0 Å². The van der Waals surface area contributed by atoms with Crippen LogP contribution in [0, 0.1) is 0 Å². The van der Waals surface area contributed by atoms with E-state index in [1.54, 1.807) is 10.4 Å². The van der Waals surface area contributed by atoms with Gasteiger partial charge in [-0.1, -0.05) is 6.07 Å². The number of hydrogen-bond donors (Lipinski definition) is 1. The van der Waals surface area contributed by atoms with Crippen molar-refractivity contribution >= 4 is 10.0 Å². The third-order valence-corrected chi connectivity index (χ3v) is 6.78. The lowest BCUT2D eigenvalue weighted by Crippen LogP contribution is -3.14. The van der Waals surface area contributed by atoms with Crippen molar-refractivity contribution in [2.24, 2.45) is 0 Å². The summed E-state index contributed by atoms with van der Waals surface area (Å²) < 4.78 is 27.2. The van der Waals surface area contributed by atoms with Gasteiger partial charge in [0.1, 0.15) is 0 Å². The number of sulfonamides is 1. The van der Waals surface area contributed by atoms with Crippen molar-refractivity contribution in [2.45, 2.75) is 37.5 Å². The number of piperazine rings is 1. The summed E-state index contributed by atoms with van der Waals surface area (Å²) >= 11 is 0. The minimum absolute atomic E-state index is 0.489. The summed E-state index contributed by atoms with van der Waals surface area (Å²) in [7, 11) is -3.31. The van der Waals surface area contributed by atoms with Crippen molar-refractivity contribution in [3.8, 4) is 0 Å². The standard InChI is InChI=1S/C16H24N2O2S/c1-2-17-9-11-18(12-10-17)21(19,20)16-8-7-14-5-3-4-6-15(14)13-16/h7-8,13H,2-6,9-12H2,1H3/p+1. The first kappa shape index (κ1) is 15.0. The molecule has 2 aliphatic rings. The molecule has 1 heterocycles. The average molecular weight is 309 g/mol. The average Bonchev–Trinajstić information content (AvgIpc) is 2.54. The molecule has 0 unspecified atom stereocenters. The fraction of sp³-hybridized carbons (Fsp3) is 0.625. The molecule has 5 heteroatoms. The molecule has 0 spiro atoms. The number of nitrogens with zero attached hydrogens (tertiary/aromatic N) is 1. The molecule has 3 rings (SSSR count). The summed E-state index contributed by atoms with van der Waals surface area (Å²) in [6, 6.07) is 5.75. The quantitative estimate of drug-likeness (QED) is 0.882. The van der Waals surface area contributed by atoms with Crippen LogP contribution < -0.4 is 4.90 Å². The molecule has 0 atom stereocenters. The molecule has 0 aromatic heterocycles. The SMILES string of the molecule is CC[NH+]1CCN(S(=O)(=O)c2ccc3c(c2)CCCC3)CC1. The van der Waals surface area contributed by atoms with E-state index in [4.69, 9.17) is 0 Å². The van der Waals surface area contributed by atoms with E-state index in [0.29, 0.717) is 18.0 Å². The lowest BCUT2D eigenvalue weighted by Gasteiger charge is -2.31. The molecular formula is C16H25N2O2S+. The van der Waals surface area contributed by atoms with Gasteiger partial charge in [-0.05, 0) is 55.9 Å². The van der Waals surface area contributed by atoms with Crippen LogP contribution in [-0.4, -0.2) is 45.4 Å². The Morgan fingerprint density at radius 3 is 2.43 bits per heavy atom. The van der Waals surface area contributed by atoms with Crippen LogP contribution in [-0.2, 0) is 22.9 Å². The van der Waals surface area contributed by atoms with Crippen molar-refractivity contribution in [3.05, 3.63) is 29.3 Å². The van der Waals surface area contributed by atoms with Gasteiger partial charge in [0.05, 0.1) is 37.6 Å². The maximum absolute atomic E-state index is 12.8. The number of benzene rings is 1. The molecule has 1 fully saturated rings. The third kappa shape index (κ3) is 3.00. The van der Waals surface area contributed by atoms with E-state index < -0.39 is 10.0 Å². The van der Waals surface area contributed by atoms with Gasteiger partial charge < -0.3 is 4.90 Å². The van der Waals surface area contributed by atoms with E-state index in [2.05, 4.69) is 6.92 Å². The lowest BCUT2D eigenvalue weighted by molar-refractivity contribution is -0.901. The fourth-order valence-corrected chi connectivity index (χ4v) is 4.91. The van der Waals surface area contributed by atoms with Crippen molar-refractivity contribution in [2.75, 3.05) is 32.7 Å². The number of likely N-dealkylation sites (N-methyl/N-ethyl adjacent to an activating group) is 1. The van der Waals surface area contributed by atoms with Gasteiger partial charge in [-0.15, -0.1) is 0 Å². The number of fused-ring (bicyclic) bond motifs is 1. The molecule has 0 saturated carbocycles. The predicted molar refractivity (Wildman–Crippen MR) is 83.1 cm³/mol. The normalized spacial score (nSPS) is 21.2. The summed E-state index contributed by atoms with van der Waals surface area (Å²) in [4.78, 5) is 1.98. The summed E-state index contributed by atoms with van der Waals surface area (Å²) in [5.41, 5.74) is 2.57. The Labute approximate surface area is 127 Å². The Kier molecular flexibility index (Phi) is 4.33. The molecule has 0 bridgehead atoms. The minimum Gasteiger partial charge on any atom is -0.333 e. The Hall–Kier alpha value is -0.910. The maximum atomic E-state index is 12.8. The Bertz CT molecular complexity index is 605. The molecular weight excluding hydrogens is 284 g/mol. The first-order chi connectivity index (χ1) is 10.1. The van der Waals surface area contributed by atoms with Gasteiger partial charge in [0, 0.05) is 0 Å². The molecule has 1 aliphatic carbocycles. The molecule has 0 radical (unpaired) electrons. The van der Waals surface area contributed by atoms with Gasteiger partial charge in [-0.2, -0.15) is 4.31 Å². The van der Waals surface area contributed by atoms with E-state index in [1.165, 1.54) is 28.9 Å². The molecule has 1 saturated heterocycles. The second-order valence-corrected chi connectivity index (χ2v) is 8.08. The predicted octanol–water partition coefficient (Wildman–Crippen LogP) is 0.475. The molecule has 116 valence electrons. The van der Waals surface area contributed by atoms with E-state index in [9.17, 15) is 8.42 Å². The van der Waals surface area contributed by atoms with Gasteiger partial charge in [0.25, 0.3) is 0 Å². The smallest absolute Gasteiger partial charge is 0.243 e. The zero-order valence-corrected chi connectivity index (χ0v) is 13.6. The van der Waals surface area contributed by atoms with E-state index in [0.717, 1.165) is 32.5 Å². The lowest BCUT2D eigenvalue weighted by atomic mass is 9.92. The van der Waals surface area contributed by atoms with E-state index in [1.807, 2.05) is 12.1 Å². The Morgan fingerprint density at radius 2 is 1.76 bits per heavy atom. The monoisotopic (exact) mass is 309 g/mol. The largest absolute Gasteiger partial charge is 0.333 e. The number of nitrogens with one attached hydrogen (secondary N) is 1. The van der Waals surface area contributed by atoms with Gasteiger partial charge in [0.15, 0.2) is 0 Å². The first-order valence-electron chi connectivity index (χ1n) is 8.07.